The molecule has 0 fully saturated rings. The summed E-state index contributed by atoms with van der Waals surface area (Å²) in [5.41, 5.74) is 0.199. The lowest BCUT2D eigenvalue weighted by Crippen LogP contribution is -1.96. The van der Waals surface area contributed by atoms with E-state index in [4.69, 9.17) is 15.6 Å². The summed E-state index contributed by atoms with van der Waals surface area (Å²) in [5, 5.41) is 0. The molecule has 0 heterocycles. The first kappa shape index (κ1) is 8.87. The Morgan fingerprint density at radius 1 is 1.21 bits per heavy atom. The van der Waals surface area contributed by atoms with Crippen molar-refractivity contribution in [3.8, 4) is 17.2 Å². The van der Waals surface area contributed by atoms with Gasteiger partial charge in [-0.15, -0.1) is 0 Å². The van der Waals surface area contributed by atoms with Gasteiger partial charge in [0, 0.05) is 5.56 Å². The van der Waals surface area contributed by atoms with Crippen LogP contribution in [0.25, 0.3) is 0 Å². The SMILES string of the molecule is [2H]c1c(C=O)cc(OC)c(OC)c1OC. The Morgan fingerprint density at radius 2 is 1.86 bits per heavy atom. The standard InChI is InChI=1S/C10H12O4/c1-12-8-4-7(6-11)5-9(13-2)10(8)14-3/h4-6H,1-3H3/i4D. The molecule has 1 aromatic carbocycles. The quantitative estimate of drug-likeness (QED) is 0.686. The Labute approximate surface area is 83.8 Å². The predicted molar refractivity (Wildman–Crippen MR) is 51.5 cm³/mol. The lowest BCUT2D eigenvalue weighted by molar-refractivity contribution is 0.112. The van der Waals surface area contributed by atoms with Gasteiger partial charge in [0.25, 0.3) is 0 Å². The summed E-state index contributed by atoms with van der Waals surface area (Å²) in [6.45, 7) is 0. The zero-order valence-corrected chi connectivity index (χ0v) is 8.29. The van der Waals surface area contributed by atoms with Gasteiger partial charge in [0.1, 0.15) is 6.29 Å². The molecule has 0 aliphatic rings. The number of hydrogen-bond donors (Lipinski definition) is 0. The monoisotopic (exact) mass is 197 g/mol. The molecular weight excluding hydrogens is 184 g/mol. The molecule has 0 atom stereocenters. The third-order valence-corrected chi connectivity index (χ3v) is 1.73. The van der Waals surface area contributed by atoms with Crippen LogP contribution in [0.5, 0.6) is 17.2 Å². The molecule has 0 N–H and O–H groups in total. The molecule has 0 aliphatic heterocycles. The number of carbonyl (C=O) groups excluding carboxylic acids is 1. The Balaban J connectivity index is 3.49. The number of benzene rings is 1. The second-order valence-corrected chi connectivity index (χ2v) is 2.48. The Kier molecular flexibility index (Phi) is 2.85. The summed E-state index contributed by atoms with van der Waals surface area (Å²) in [7, 11) is 4.31. The summed E-state index contributed by atoms with van der Waals surface area (Å²) in [6, 6.07) is 1.43. The van der Waals surface area contributed by atoms with Crippen LogP contribution < -0.4 is 14.2 Å². The highest BCUT2D eigenvalue weighted by Crippen LogP contribution is 2.37. The van der Waals surface area contributed by atoms with Crippen molar-refractivity contribution in [3.05, 3.63) is 17.7 Å². The molecule has 4 heteroatoms. The average Bonchev–Trinajstić information content (AvgIpc) is 2.28. The van der Waals surface area contributed by atoms with Crippen molar-refractivity contribution in [2.45, 2.75) is 0 Å². The van der Waals surface area contributed by atoms with Crippen LogP contribution in [-0.4, -0.2) is 27.6 Å². The molecule has 0 saturated heterocycles. The van der Waals surface area contributed by atoms with Crippen LogP contribution in [0.1, 0.15) is 11.7 Å². The van der Waals surface area contributed by atoms with E-state index >= 15 is 0 Å². The topological polar surface area (TPSA) is 44.8 Å². The van der Waals surface area contributed by atoms with Crippen LogP contribution in [0.2, 0.25) is 0 Å². The van der Waals surface area contributed by atoms with Crippen LogP contribution in [0, 0.1) is 0 Å². The molecule has 76 valence electrons. The zero-order valence-electron chi connectivity index (χ0n) is 9.29. The van der Waals surface area contributed by atoms with Gasteiger partial charge in [-0.3, -0.25) is 4.79 Å². The van der Waals surface area contributed by atoms with Crippen molar-refractivity contribution in [2.75, 3.05) is 21.3 Å². The predicted octanol–water partition coefficient (Wildman–Crippen LogP) is 1.52. The first-order valence-corrected chi connectivity index (χ1v) is 3.94. The van der Waals surface area contributed by atoms with Gasteiger partial charge in [-0.05, 0) is 12.1 Å². The summed E-state index contributed by atoms with van der Waals surface area (Å²) in [6.07, 6.45) is 0.576. The number of rotatable bonds is 4. The molecule has 0 radical (unpaired) electrons. The van der Waals surface area contributed by atoms with Gasteiger partial charge in [-0.2, -0.15) is 0 Å². The highest BCUT2D eigenvalue weighted by molar-refractivity contribution is 5.78. The first-order chi connectivity index (χ1) is 7.19. The van der Waals surface area contributed by atoms with E-state index in [0.717, 1.165) is 0 Å². The Bertz CT molecular complexity index is 376. The highest BCUT2D eigenvalue weighted by Gasteiger charge is 2.12. The van der Waals surface area contributed by atoms with Crippen molar-refractivity contribution in [1.82, 2.24) is 0 Å². The van der Waals surface area contributed by atoms with E-state index in [1.165, 1.54) is 27.4 Å². The highest BCUT2D eigenvalue weighted by atomic mass is 16.5. The summed E-state index contributed by atoms with van der Waals surface area (Å²) in [5.74, 6) is 0.877. The number of carbonyl (C=O) groups is 1. The maximum atomic E-state index is 10.7. The maximum Gasteiger partial charge on any atom is 0.203 e. The number of methoxy groups -OCH3 is 3. The maximum absolute atomic E-state index is 10.7. The normalized spacial score (nSPS) is 10.4. The molecule has 1 aromatic rings. The minimum absolute atomic E-state index is 0.00912. The van der Waals surface area contributed by atoms with Crippen LogP contribution in [0.4, 0.5) is 0 Å². The molecule has 0 saturated carbocycles. The first-order valence-electron chi connectivity index (χ1n) is 4.44. The van der Waals surface area contributed by atoms with E-state index in [2.05, 4.69) is 0 Å². The minimum Gasteiger partial charge on any atom is -0.493 e. The van der Waals surface area contributed by atoms with Gasteiger partial charge in [0.05, 0.1) is 22.7 Å². The summed E-state index contributed by atoms with van der Waals surface area (Å²) < 4.78 is 22.8. The van der Waals surface area contributed by atoms with Crippen molar-refractivity contribution in [3.63, 3.8) is 0 Å². The fraction of sp³-hybridized carbons (Fsp3) is 0.300. The van der Waals surface area contributed by atoms with Gasteiger partial charge in [0.2, 0.25) is 5.75 Å². The summed E-state index contributed by atoms with van der Waals surface area (Å²) >= 11 is 0. The Hall–Kier alpha value is -1.71. The van der Waals surface area contributed by atoms with Gasteiger partial charge in [0.15, 0.2) is 11.5 Å². The Morgan fingerprint density at radius 3 is 2.29 bits per heavy atom. The third kappa shape index (κ3) is 1.79. The van der Waals surface area contributed by atoms with Crippen molar-refractivity contribution < 1.29 is 20.4 Å². The lowest BCUT2D eigenvalue weighted by Gasteiger charge is -2.11. The van der Waals surface area contributed by atoms with E-state index in [9.17, 15) is 4.79 Å². The molecule has 0 amide bonds. The van der Waals surface area contributed by atoms with Crippen molar-refractivity contribution in [2.24, 2.45) is 0 Å². The van der Waals surface area contributed by atoms with Gasteiger partial charge < -0.3 is 14.2 Å². The molecule has 4 nitrogen and oxygen atoms in total. The molecule has 0 spiro atoms. The second-order valence-electron chi connectivity index (χ2n) is 2.48. The summed E-state index contributed by atoms with van der Waals surface area (Å²) in [4.78, 5) is 10.7. The second kappa shape index (κ2) is 4.50. The molecule has 0 bridgehead atoms. The number of hydrogen-bond acceptors (Lipinski definition) is 4. The smallest absolute Gasteiger partial charge is 0.203 e. The van der Waals surface area contributed by atoms with E-state index < -0.39 is 0 Å². The van der Waals surface area contributed by atoms with Gasteiger partial charge in [-0.25, -0.2) is 0 Å². The van der Waals surface area contributed by atoms with Crippen LogP contribution >= 0.6 is 0 Å². The number of ether oxygens (including phenoxy) is 3. The minimum atomic E-state index is -0.00912. The molecule has 1 rings (SSSR count). The van der Waals surface area contributed by atoms with Crippen molar-refractivity contribution >= 4 is 6.29 Å². The van der Waals surface area contributed by atoms with Crippen molar-refractivity contribution in [1.29, 1.82) is 0 Å². The molecular formula is C10H12O4. The third-order valence-electron chi connectivity index (χ3n) is 1.73. The molecule has 0 unspecified atom stereocenters. The molecule has 0 aromatic heterocycles. The molecule has 14 heavy (non-hydrogen) atoms. The molecule has 0 aliphatic carbocycles. The van der Waals surface area contributed by atoms with Gasteiger partial charge >= 0.3 is 0 Å². The number of aldehydes is 1. The van der Waals surface area contributed by atoms with Crippen LogP contribution in [0.3, 0.4) is 0 Å². The lowest BCUT2D eigenvalue weighted by atomic mass is 10.2. The van der Waals surface area contributed by atoms with Gasteiger partial charge in [-0.1, -0.05) is 0 Å². The van der Waals surface area contributed by atoms with E-state index in [0.29, 0.717) is 17.8 Å². The van der Waals surface area contributed by atoms with Crippen LogP contribution in [-0.2, 0) is 0 Å². The van der Waals surface area contributed by atoms with E-state index in [1.54, 1.807) is 0 Å². The fourth-order valence-electron chi connectivity index (χ4n) is 1.09. The zero-order chi connectivity index (χ0) is 11.4. The van der Waals surface area contributed by atoms with E-state index in [-0.39, 0.29) is 17.4 Å². The average molecular weight is 197 g/mol. The van der Waals surface area contributed by atoms with E-state index in [1.807, 2.05) is 0 Å². The fourth-order valence-corrected chi connectivity index (χ4v) is 1.09. The van der Waals surface area contributed by atoms with Crippen LogP contribution in [0.15, 0.2) is 12.1 Å². The largest absolute Gasteiger partial charge is 0.493 e.